The Hall–Kier alpha value is -4.30. The molecule has 0 aliphatic carbocycles. The molecular weight excluding hydrogens is 454 g/mol. The second-order valence-electron chi connectivity index (χ2n) is 7.54. The summed E-state index contributed by atoms with van der Waals surface area (Å²) in [6.45, 7) is 0.172. The highest BCUT2D eigenvalue weighted by Gasteiger charge is 2.18. The number of carbonyl (C=O) groups excluding carboxylic acids is 1. The molecule has 8 nitrogen and oxygen atoms in total. The van der Waals surface area contributed by atoms with Gasteiger partial charge in [-0.1, -0.05) is 53.2 Å². The molecule has 9 heteroatoms. The highest BCUT2D eigenvalue weighted by Crippen LogP contribution is 2.27. The lowest BCUT2D eigenvalue weighted by atomic mass is 10.1. The number of carbonyl (C=O) groups is 1. The minimum atomic E-state index is -0.357. The second-order valence-corrected chi connectivity index (χ2v) is 7.98. The van der Waals surface area contributed by atoms with Gasteiger partial charge >= 0.3 is 0 Å². The standard InChI is InChI=1S/C25H18ClN5O3/c26-17-7-5-6-16(12-17)14-28-22(32)15-31-21-10-2-1-8-18(21)19(13-23(31)33)25-29-24(30-34-25)20-9-3-4-11-27-20/h1-13H,14-15H2,(H,28,32). The van der Waals surface area contributed by atoms with Crippen molar-refractivity contribution in [3.8, 4) is 23.0 Å². The number of para-hydroxylation sites is 1. The summed E-state index contributed by atoms with van der Waals surface area (Å²) in [5.41, 5.74) is 2.15. The van der Waals surface area contributed by atoms with Crippen LogP contribution in [0.4, 0.5) is 0 Å². The Bertz CT molecular complexity index is 1550. The number of amides is 1. The fraction of sp³-hybridized carbons (Fsp3) is 0.0800. The number of nitrogens with one attached hydrogen (secondary N) is 1. The van der Waals surface area contributed by atoms with Gasteiger partial charge in [0.05, 0.1) is 11.1 Å². The van der Waals surface area contributed by atoms with Gasteiger partial charge < -0.3 is 9.84 Å². The molecule has 168 valence electrons. The molecular formula is C25H18ClN5O3. The summed E-state index contributed by atoms with van der Waals surface area (Å²) in [6, 6.07) is 21.3. The Morgan fingerprint density at radius 1 is 1.03 bits per heavy atom. The monoisotopic (exact) mass is 471 g/mol. The van der Waals surface area contributed by atoms with Gasteiger partial charge in [0.15, 0.2) is 0 Å². The van der Waals surface area contributed by atoms with Crippen molar-refractivity contribution in [1.29, 1.82) is 0 Å². The predicted molar refractivity (Wildman–Crippen MR) is 128 cm³/mol. The van der Waals surface area contributed by atoms with Gasteiger partial charge in [-0.25, -0.2) is 0 Å². The maximum Gasteiger partial charge on any atom is 0.259 e. The van der Waals surface area contributed by atoms with E-state index in [1.54, 1.807) is 42.6 Å². The minimum absolute atomic E-state index is 0.136. The molecule has 3 aromatic heterocycles. The van der Waals surface area contributed by atoms with Gasteiger partial charge in [0.25, 0.3) is 11.4 Å². The van der Waals surface area contributed by atoms with Crippen LogP contribution in [0.15, 0.2) is 88.3 Å². The first kappa shape index (κ1) is 21.5. The van der Waals surface area contributed by atoms with E-state index >= 15 is 0 Å². The molecule has 0 bridgehead atoms. The second kappa shape index (κ2) is 9.29. The van der Waals surface area contributed by atoms with E-state index in [0.29, 0.717) is 39.6 Å². The van der Waals surface area contributed by atoms with Crippen molar-refractivity contribution in [2.24, 2.45) is 0 Å². The number of halogens is 1. The molecule has 1 N–H and O–H groups in total. The minimum Gasteiger partial charge on any atom is -0.350 e. The Morgan fingerprint density at radius 3 is 2.71 bits per heavy atom. The molecule has 0 saturated heterocycles. The number of hydrogen-bond acceptors (Lipinski definition) is 6. The molecule has 3 heterocycles. The predicted octanol–water partition coefficient (Wildman–Crippen LogP) is 4.08. The number of benzene rings is 2. The molecule has 0 radical (unpaired) electrons. The molecule has 2 aromatic carbocycles. The third-order valence-corrected chi connectivity index (χ3v) is 5.48. The van der Waals surface area contributed by atoms with Crippen molar-refractivity contribution in [3.05, 3.63) is 99.9 Å². The van der Waals surface area contributed by atoms with Gasteiger partial charge in [-0.05, 0) is 35.9 Å². The van der Waals surface area contributed by atoms with Crippen molar-refractivity contribution < 1.29 is 9.32 Å². The van der Waals surface area contributed by atoms with Crippen molar-refractivity contribution >= 4 is 28.4 Å². The van der Waals surface area contributed by atoms with Gasteiger partial charge in [0.1, 0.15) is 12.2 Å². The molecule has 0 aliphatic rings. The summed E-state index contributed by atoms with van der Waals surface area (Å²) in [6.07, 6.45) is 1.64. The zero-order valence-corrected chi connectivity index (χ0v) is 18.6. The first-order valence-corrected chi connectivity index (χ1v) is 10.9. The van der Waals surface area contributed by atoms with Gasteiger partial charge in [0.2, 0.25) is 11.7 Å². The van der Waals surface area contributed by atoms with Crippen LogP contribution in [0.5, 0.6) is 0 Å². The summed E-state index contributed by atoms with van der Waals surface area (Å²) in [5.74, 6) is 0.228. The van der Waals surface area contributed by atoms with Crippen LogP contribution in [-0.2, 0) is 17.9 Å². The van der Waals surface area contributed by atoms with E-state index in [0.717, 1.165) is 5.56 Å². The Morgan fingerprint density at radius 2 is 1.88 bits per heavy atom. The SMILES string of the molecule is O=C(Cn1c(=O)cc(-c2nc(-c3ccccn3)no2)c2ccccc21)NCc1cccc(Cl)c1. The lowest BCUT2D eigenvalue weighted by Gasteiger charge is -2.12. The maximum atomic E-state index is 13.0. The van der Waals surface area contributed by atoms with Crippen LogP contribution < -0.4 is 10.9 Å². The van der Waals surface area contributed by atoms with E-state index in [2.05, 4.69) is 20.4 Å². The van der Waals surface area contributed by atoms with Crippen LogP contribution in [0, 0.1) is 0 Å². The smallest absolute Gasteiger partial charge is 0.259 e. The molecule has 0 fully saturated rings. The zero-order chi connectivity index (χ0) is 23.5. The van der Waals surface area contributed by atoms with Crippen LogP contribution in [-0.4, -0.2) is 25.6 Å². The summed E-state index contributed by atoms with van der Waals surface area (Å²) < 4.78 is 6.87. The van der Waals surface area contributed by atoms with Crippen molar-refractivity contribution in [3.63, 3.8) is 0 Å². The molecule has 5 aromatic rings. The number of fused-ring (bicyclic) bond motifs is 1. The van der Waals surface area contributed by atoms with Crippen molar-refractivity contribution in [2.75, 3.05) is 0 Å². The molecule has 0 spiro atoms. The summed E-state index contributed by atoms with van der Waals surface area (Å²) in [4.78, 5) is 34.3. The summed E-state index contributed by atoms with van der Waals surface area (Å²) in [5, 5.41) is 8.13. The van der Waals surface area contributed by atoms with Crippen LogP contribution >= 0.6 is 11.6 Å². The first-order chi connectivity index (χ1) is 16.6. The molecule has 34 heavy (non-hydrogen) atoms. The third-order valence-electron chi connectivity index (χ3n) is 5.25. The van der Waals surface area contributed by atoms with E-state index in [4.69, 9.17) is 16.1 Å². The maximum absolute atomic E-state index is 13.0. The van der Waals surface area contributed by atoms with Gasteiger partial charge in [-0.2, -0.15) is 4.98 Å². The summed E-state index contributed by atoms with van der Waals surface area (Å²) >= 11 is 6.00. The van der Waals surface area contributed by atoms with Gasteiger partial charge in [0, 0.05) is 29.2 Å². The Kier molecular flexibility index (Phi) is 5.88. The molecule has 0 unspecified atom stereocenters. The zero-order valence-electron chi connectivity index (χ0n) is 17.8. The average Bonchev–Trinajstić information content (AvgIpc) is 3.35. The Labute approximate surface area is 198 Å². The largest absolute Gasteiger partial charge is 0.350 e. The van der Waals surface area contributed by atoms with Crippen LogP contribution in [0.2, 0.25) is 5.02 Å². The van der Waals surface area contributed by atoms with Crippen LogP contribution in [0.25, 0.3) is 33.9 Å². The van der Waals surface area contributed by atoms with Gasteiger partial charge in [-0.3, -0.25) is 19.1 Å². The fourth-order valence-corrected chi connectivity index (χ4v) is 3.87. The highest BCUT2D eigenvalue weighted by atomic mass is 35.5. The topological polar surface area (TPSA) is 103 Å². The lowest BCUT2D eigenvalue weighted by Crippen LogP contribution is -2.32. The molecule has 1 amide bonds. The molecule has 0 atom stereocenters. The van der Waals surface area contributed by atoms with Crippen molar-refractivity contribution in [1.82, 2.24) is 25.0 Å². The van der Waals surface area contributed by atoms with E-state index in [1.807, 2.05) is 30.3 Å². The normalized spacial score (nSPS) is 11.0. The average molecular weight is 472 g/mol. The number of pyridine rings is 2. The molecule has 0 aliphatic heterocycles. The molecule has 5 rings (SSSR count). The van der Waals surface area contributed by atoms with Crippen molar-refractivity contribution in [2.45, 2.75) is 13.1 Å². The lowest BCUT2D eigenvalue weighted by molar-refractivity contribution is -0.121. The van der Waals surface area contributed by atoms with E-state index in [-0.39, 0.29) is 23.9 Å². The van der Waals surface area contributed by atoms with Gasteiger partial charge in [-0.15, -0.1) is 0 Å². The Balaban J connectivity index is 1.45. The number of aromatic nitrogens is 4. The van der Waals surface area contributed by atoms with E-state index in [1.165, 1.54) is 10.6 Å². The number of rotatable bonds is 6. The summed E-state index contributed by atoms with van der Waals surface area (Å²) in [7, 11) is 0. The van der Waals surface area contributed by atoms with Crippen LogP contribution in [0.3, 0.4) is 0 Å². The number of hydrogen-bond donors (Lipinski definition) is 1. The third kappa shape index (κ3) is 4.44. The quantitative estimate of drug-likeness (QED) is 0.400. The van der Waals surface area contributed by atoms with E-state index in [9.17, 15) is 9.59 Å². The first-order valence-electron chi connectivity index (χ1n) is 10.5. The fourth-order valence-electron chi connectivity index (χ4n) is 3.65. The van der Waals surface area contributed by atoms with Crippen LogP contribution in [0.1, 0.15) is 5.56 Å². The number of nitrogens with zero attached hydrogens (tertiary/aromatic N) is 4. The molecule has 0 saturated carbocycles. The van der Waals surface area contributed by atoms with E-state index < -0.39 is 0 Å². The highest BCUT2D eigenvalue weighted by molar-refractivity contribution is 6.30.